The van der Waals surface area contributed by atoms with Gasteiger partial charge in [-0.25, -0.2) is 18.3 Å². The van der Waals surface area contributed by atoms with Gasteiger partial charge in [-0.05, 0) is 54.8 Å². The normalized spacial score (nSPS) is 14.6. The maximum absolute atomic E-state index is 13.7. The molecule has 2 aromatic carbocycles. The van der Waals surface area contributed by atoms with Crippen LogP contribution in [0.1, 0.15) is 56.8 Å². The SMILES string of the molecule is Cn1nc(C(F)F)c(C(=O)NC2(c3ccc(C(=O)O)cc3)CC2)c1Oc1ccc(C(F)(F)F)cc1. The Balaban J connectivity index is 1.63. The van der Waals surface area contributed by atoms with Crippen molar-refractivity contribution in [2.45, 2.75) is 31.0 Å². The fraction of sp³-hybridized carbons (Fsp3) is 0.261. The van der Waals surface area contributed by atoms with Gasteiger partial charge in [-0.3, -0.25) is 4.79 Å². The lowest BCUT2D eigenvalue weighted by atomic mass is 10.0. The number of nitrogens with one attached hydrogen (secondary N) is 1. The van der Waals surface area contributed by atoms with E-state index in [1.807, 2.05) is 0 Å². The highest BCUT2D eigenvalue weighted by molar-refractivity contribution is 5.98. The standard InChI is InChI=1S/C23H18F5N3O4/c1-31-20(35-15-8-6-14(7-9-15)23(26,27)28)16(17(30-31)18(24)25)19(32)29-22(10-11-22)13-4-2-12(3-5-13)21(33)34/h2-9,18H,10-11H2,1H3,(H,29,32)(H,33,34). The van der Waals surface area contributed by atoms with Crippen molar-refractivity contribution in [2.24, 2.45) is 7.05 Å². The molecule has 0 radical (unpaired) electrons. The molecule has 1 aromatic heterocycles. The van der Waals surface area contributed by atoms with Gasteiger partial charge in [0.2, 0.25) is 5.88 Å². The molecule has 1 aliphatic rings. The minimum absolute atomic E-state index is 0.0513. The summed E-state index contributed by atoms with van der Waals surface area (Å²) in [5.41, 5.74) is -2.54. The van der Waals surface area contributed by atoms with Crippen LogP contribution in [0.5, 0.6) is 11.6 Å². The van der Waals surface area contributed by atoms with Gasteiger partial charge in [-0.2, -0.15) is 18.3 Å². The van der Waals surface area contributed by atoms with Crippen molar-refractivity contribution in [3.63, 3.8) is 0 Å². The number of aromatic nitrogens is 2. The molecule has 1 saturated carbocycles. The van der Waals surface area contributed by atoms with Gasteiger partial charge < -0.3 is 15.2 Å². The number of nitrogens with zero attached hydrogens (tertiary/aromatic N) is 2. The summed E-state index contributed by atoms with van der Waals surface area (Å²) in [7, 11) is 1.26. The van der Waals surface area contributed by atoms with Crippen molar-refractivity contribution < 1.29 is 41.4 Å². The second-order valence-electron chi connectivity index (χ2n) is 8.03. The van der Waals surface area contributed by atoms with Crippen LogP contribution in [0.3, 0.4) is 0 Å². The zero-order chi connectivity index (χ0) is 25.5. The molecule has 0 saturated heterocycles. The molecule has 0 spiro atoms. The Morgan fingerprint density at radius 1 is 1.09 bits per heavy atom. The van der Waals surface area contributed by atoms with Gasteiger partial charge in [0.1, 0.15) is 17.0 Å². The summed E-state index contributed by atoms with van der Waals surface area (Å²) in [6.07, 6.45) is -6.72. The fourth-order valence-electron chi connectivity index (χ4n) is 3.66. The highest BCUT2D eigenvalue weighted by atomic mass is 19.4. The van der Waals surface area contributed by atoms with Gasteiger partial charge in [0.25, 0.3) is 12.3 Å². The van der Waals surface area contributed by atoms with Crippen LogP contribution < -0.4 is 10.1 Å². The number of hydrogen-bond donors (Lipinski definition) is 2. The van der Waals surface area contributed by atoms with Crippen LogP contribution >= 0.6 is 0 Å². The molecule has 12 heteroatoms. The summed E-state index contributed by atoms with van der Waals surface area (Å²) >= 11 is 0. The van der Waals surface area contributed by atoms with Gasteiger partial charge >= 0.3 is 12.1 Å². The Labute approximate surface area is 195 Å². The number of aryl methyl sites for hydroxylation is 1. The first-order valence-corrected chi connectivity index (χ1v) is 10.3. The maximum atomic E-state index is 13.7. The van der Waals surface area contributed by atoms with Gasteiger partial charge in [0, 0.05) is 7.05 Å². The minimum Gasteiger partial charge on any atom is -0.478 e. The van der Waals surface area contributed by atoms with Crippen LogP contribution in [0.15, 0.2) is 48.5 Å². The number of amides is 1. The van der Waals surface area contributed by atoms with Crippen LogP contribution in [0.25, 0.3) is 0 Å². The first-order valence-electron chi connectivity index (χ1n) is 10.3. The number of ether oxygens (including phenoxy) is 1. The highest BCUT2D eigenvalue weighted by Crippen LogP contribution is 2.46. The van der Waals surface area contributed by atoms with E-state index in [1.54, 1.807) is 0 Å². The number of carbonyl (C=O) groups is 2. The van der Waals surface area contributed by atoms with Gasteiger partial charge in [0.05, 0.1) is 16.7 Å². The lowest BCUT2D eigenvalue weighted by Gasteiger charge is -2.19. The molecule has 7 nitrogen and oxygen atoms in total. The minimum atomic E-state index is -4.57. The summed E-state index contributed by atoms with van der Waals surface area (Å²) in [6.45, 7) is 0. The Morgan fingerprint density at radius 2 is 1.69 bits per heavy atom. The van der Waals surface area contributed by atoms with E-state index in [1.165, 1.54) is 31.3 Å². The number of carboxylic acid groups (broad SMARTS) is 1. The zero-order valence-electron chi connectivity index (χ0n) is 18.1. The Kier molecular flexibility index (Phi) is 5.99. The number of benzene rings is 2. The average Bonchev–Trinajstić information content (AvgIpc) is 3.50. The highest BCUT2D eigenvalue weighted by Gasteiger charge is 2.47. The van der Waals surface area contributed by atoms with Crippen molar-refractivity contribution in [1.29, 1.82) is 0 Å². The number of halogens is 5. The van der Waals surface area contributed by atoms with Crippen molar-refractivity contribution in [1.82, 2.24) is 15.1 Å². The molecule has 0 bridgehead atoms. The zero-order valence-corrected chi connectivity index (χ0v) is 18.1. The Hall–Kier alpha value is -3.96. The Bertz CT molecular complexity index is 1260. The molecule has 4 rings (SSSR count). The van der Waals surface area contributed by atoms with Gasteiger partial charge in [-0.1, -0.05) is 12.1 Å². The predicted octanol–water partition coefficient (Wildman–Crippen LogP) is 5.29. The van der Waals surface area contributed by atoms with Crippen molar-refractivity contribution in [3.8, 4) is 11.6 Å². The Morgan fingerprint density at radius 3 is 2.17 bits per heavy atom. The molecule has 0 unspecified atom stereocenters. The third-order valence-electron chi connectivity index (χ3n) is 5.64. The molecule has 2 N–H and O–H groups in total. The topological polar surface area (TPSA) is 93.5 Å². The summed E-state index contributed by atoms with van der Waals surface area (Å²) in [4.78, 5) is 24.2. The smallest absolute Gasteiger partial charge is 0.416 e. The van der Waals surface area contributed by atoms with E-state index in [0.29, 0.717) is 18.4 Å². The summed E-state index contributed by atoms with van der Waals surface area (Å²) in [6, 6.07) is 9.35. The van der Waals surface area contributed by atoms with Crippen molar-refractivity contribution >= 4 is 11.9 Å². The van der Waals surface area contributed by atoms with E-state index in [0.717, 1.165) is 28.9 Å². The van der Waals surface area contributed by atoms with Gasteiger partial charge in [0.15, 0.2) is 0 Å². The maximum Gasteiger partial charge on any atom is 0.416 e. The molecular weight excluding hydrogens is 477 g/mol. The number of aromatic carboxylic acids is 1. The lowest BCUT2D eigenvalue weighted by molar-refractivity contribution is -0.137. The number of carboxylic acids is 1. The number of carbonyl (C=O) groups excluding carboxylic acids is 1. The molecule has 1 aliphatic carbocycles. The number of alkyl halides is 5. The van der Waals surface area contributed by atoms with Crippen LogP contribution in [0, 0.1) is 0 Å². The summed E-state index contributed by atoms with van der Waals surface area (Å²) in [5, 5.41) is 15.4. The first kappa shape index (κ1) is 24.2. The van der Waals surface area contributed by atoms with Crippen LogP contribution in [-0.4, -0.2) is 26.8 Å². The monoisotopic (exact) mass is 495 g/mol. The van der Waals surface area contributed by atoms with E-state index in [4.69, 9.17) is 9.84 Å². The third-order valence-corrected chi connectivity index (χ3v) is 5.64. The quantitative estimate of drug-likeness (QED) is 0.435. The average molecular weight is 495 g/mol. The predicted molar refractivity (Wildman–Crippen MR) is 111 cm³/mol. The van der Waals surface area contributed by atoms with E-state index < -0.39 is 46.8 Å². The van der Waals surface area contributed by atoms with Crippen molar-refractivity contribution in [2.75, 3.05) is 0 Å². The molecule has 3 aromatic rings. The molecule has 0 aliphatic heterocycles. The van der Waals surface area contributed by atoms with Crippen LogP contribution in [-0.2, 0) is 18.8 Å². The van der Waals surface area contributed by atoms with E-state index in [-0.39, 0.29) is 17.2 Å². The van der Waals surface area contributed by atoms with E-state index in [2.05, 4.69) is 10.4 Å². The molecule has 0 atom stereocenters. The number of hydrogen-bond acceptors (Lipinski definition) is 4. The molecule has 1 fully saturated rings. The largest absolute Gasteiger partial charge is 0.478 e. The van der Waals surface area contributed by atoms with E-state index >= 15 is 0 Å². The second kappa shape index (κ2) is 8.67. The van der Waals surface area contributed by atoms with Gasteiger partial charge in [-0.15, -0.1) is 0 Å². The first-order chi connectivity index (χ1) is 16.4. The molecule has 1 heterocycles. The molecule has 35 heavy (non-hydrogen) atoms. The molecule has 184 valence electrons. The third kappa shape index (κ3) is 4.81. The summed E-state index contributed by atoms with van der Waals surface area (Å²) < 4.78 is 72.3. The summed E-state index contributed by atoms with van der Waals surface area (Å²) in [5.74, 6) is -2.50. The second-order valence-corrected chi connectivity index (χ2v) is 8.03. The number of rotatable bonds is 7. The lowest BCUT2D eigenvalue weighted by Crippen LogP contribution is -2.35. The fourth-order valence-corrected chi connectivity index (χ4v) is 3.66. The van der Waals surface area contributed by atoms with E-state index in [9.17, 15) is 31.5 Å². The van der Waals surface area contributed by atoms with Crippen LogP contribution in [0.2, 0.25) is 0 Å². The van der Waals surface area contributed by atoms with Crippen LogP contribution in [0.4, 0.5) is 22.0 Å². The molecule has 1 amide bonds. The molecular formula is C23H18F5N3O4. The van der Waals surface area contributed by atoms with Crippen molar-refractivity contribution in [3.05, 3.63) is 76.5 Å².